The van der Waals surface area contributed by atoms with Crippen LogP contribution in [0.25, 0.3) is 17.4 Å². The van der Waals surface area contributed by atoms with E-state index in [2.05, 4.69) is 15.9 Å². The number of amides is 1. The summed E-state index contributed by atoms with van der Waals surface area (Å²) in [5.41, 5.74) is 5.23. The molecule has 7 heteroatoms. The van der Waals surface area contributed by atoms with Crippen molar-refractivity contribution in [2.45, 2.75) is 0 Å². The van der Waals surface area contributed by atoms with Crippen molar-refractivity contribution in [2.24, 2.45) is 5.73 Å². The van der Waals surface area contributed by atoms with E-state index in [0.717, 1.165) is 0 Å². The minimum atomic E-state index is -1.10. The van der Waals surface area contributed by atoms with Crippen LogP contribution >= 0.6 is 15.9 Å². The Kier molecular flexibility index (Phi) is 4.44. The Morgan fingerprint density at radius 3 is 2.64 bits per heavy atom. The van der Waals surface area contributed by atoms with Crippen LogP contribution < -0.4 is 5.73 Å². The molecule has 1 aromatic heterocycles. The molecule has 3 N–H and O–H groups in total. The molecule has 0 aliphatic rings. The van der Waals surface area contributed by atoms with Gasteiger partial charge in [-0.25, -0.2) is 4.79 Å². The molecule has 0 fully saturated rings. The molecule has 2 aromatic rings. The number of carbonyl (C=O) groups excluding carboxylic acids is 1. The summed E-state index contributed by atoms with van der Waals surface area (Å²) < 4.78 is 6.09. The molecular formula is C15H9BrN2O4. The third kappa shape index (κ3) is 3.24. The quantitative estimate of drug-likeness (QED) is 0.641. The number of aromatic carboxylic acids is 1. The molecule has 0 aliphatic carbocycles. The summed E-state index contributed by atoms with van der Waals surface area (Å²) in [5, 5.41) is 18.0. The van der Waals surface area contributed by atoms with E-state index in [1.807, 2.05) is 0 Å². The van der Waals surface area contributed by atoms with Crippen molar-refractivity contribution >= 4 is 33.9 Å². The van der Waals surface area contributed by atoms with Crippen molar-refractivity contribution in [1.82, 2.24) is 0 Å². The lowest BCUT2D eigenvalue weighted by Crippen LogP contribution is -2.12. The van der Waals surface area contributed by atoms with Gasteiger partial charge >= 0.3 is 5.97 Å². The average Bonchev–Trinajstić information content (AvgIpc) is 2.92. The number of nitrogens with zero attached hydrogens (tertiary/aromatic N) is 1. The Balaban J connectivity index is 2.48. The van der Waals surface area contributed by atoms with Crippen LogP contribution in [0, 0.1) is 11.3 Å². The maximum absolute atomic E-state index is 11.3. The number of primary amides is 1. The van der Waals surface area contributed by atoms with E-state index in [0.29, 0.717) is 15.8 Å². The number of halogens is 1. The van der Waals surface area contributed by atoms with Crippen LogP contribution in [0.5, 0.6) is 0 Å². The maximum atomic E-state index is 11.3. The average molecular weight is 361 g/mol. The van der Waals surface area contributed by atoms with Crippen molar-refractivity contribution in [3.8, 4) is 17.4 Å². The molecule has 22 heavy (non-hydrogen) atoms. The lowest BCUT2D eigenvalue weighted by Gasteiger charge is -2.03. The number of carboxylic acids is 1. The zero-order valence-corrected chi connectivity index (χ0v) is 12.6. The Bertz CT molecular complexity index is 830. The van der Waals surface area contributed by atoms with Gasteiger partial charge in [-0.15, -0.1) is 0 Å². The predicted molar refractivity (Wildman–Crippen MR) is 81.6 cm³/mol. The first kappa shape index (κ1) is 15.5. The fraction of sp³-hybridized carbons (Fsp3) is 0. The van der Waals surface area contributed by atoms with Gasteiger partial charge in [-0.2, -0.15) is 5.26 Å². The van der Waals surface area contributed by atoms with Crippen molar-refractivity contribution < 1.29 is 19.1 Å². The Labute approximate surface area is 133 Å². The summed E-state index contributed by atoms with van der Waals surface area (Å²) in [4.78, 5) is 22.3. The van der Waals surface area contributed by atoms with Gasteiger partial charge in [0, 0.05) is 16.1 Å². The molecule has 0 unspecified atom stereocenters. The molecule has 0 radical (unpaired) electrons. The van der Waals surface area contributed by atoms with E-state index in [1.165, 1.54) is 18.2 Å². The summed E-state index contributed by atoms with van der Waals surface area (Å²) in [7, 11) is 0. The predicted octanol–water partition coefficient (Wildman–Crippen LogP) is 2.80. The topological polar surface area (TPSA) is 117 Å². The standard InChI is InChI=1S/C15H9BrN2O4/c16-9-1-3-11(12(6-9)15(20)21)13-4-2-10(22-13)5-8(7-17)14(18)19/h1-6H,(H2,18,19)(H,20,21)/b8-5+. The van der Waals surface area contributed by atoms with Crippen molar-refractivity contribution in [2.75, 3.05) is 0 Å². The third-order valence-electron chi connectivity index (χ3n) is 2.78. The van der Waals surface area contributed by atoms with E-state index in [4.69, 9.17) is 15.4 Å². The highest BCUT2D eigenvalue weighted by Gasteiger charge is 2.15. The first-order chi connectivity index (χ1) is 10.4. The number of nitriles is 1. The van der Waals surface area contributed by atoms with Crippen LogP contribution in [-0.4, -0.2) is 17.0 Å². The number of furan rings is 1. The lowest BCUT2D eigenvalue weighted by atomic mass is 10.1. The van der Waals surface area contributed by atoms with Crippen LogP contribution in [0.3, 0.4) is 0 Å². The second-order valence-electron chi connectivity index (χ2n) is 4.23. The van der Waals surface area contributed by atoms with Gasteiger partial charge in [0.2, 0.25) is 0 Å². The van der Waals surface area contributed by atoms with Gasteiger partial charge in [-0.3, -0.25) is 4.79 Å². The minimum absolute atomic E-state index is 0.0645. The third-order valence-corrected chi connectivity index (χ3v) is 3.27. The van der Waals surface area contributed by atoms with Gasteiger partial charge in [-0.05, 0) is 30.3 Å². The number of rotatable bonds is 4. The molecule has 0 aliphatic heterocycles. The number of hydrogen-bond acceptors (Lipinski definition) is 4. The second-order valence-corrected chi connectivity index (χ2v) is 5.15. The second kappa shape index (κ2) is 6.28. The molecule has 2 rings (SSSR count). The first-order valence-corrected chi connectivity index (χ1v) is 6.76. The van der Waals surface area contributed by atoms with E-state index in [-0.39, 0.29) is 16.9 Å². The van der Waals surface area contributed by atoms with Crippen LogP contribution in [-0.2, 0) is 4.79 Å². The van der Waals surface area contributed by atoms with Crippen molar-refractivity contribution in [3.05, 3.63) is 51.7 Å². The number of carbonyl (C=O) groups is 2. The first-order valence-electron chi connectivity index (χ1n) is 5.97. The van der Waals surface area contributed by atoms with Gasteiger partial charge in [0.15, 0.2) is 0 Å². The molecule has 1 amide bonds. The molecule has 1 heterocycles. The van der Waals surface area contributed by atoms with E-state index in [1.54, 1.807) is 24.3 Å². The molecule has 0 bridgehead atoms. The number of benzene rings is 1. The molecule has 6 nitrogen and oxygen atoms in total. The molecule has 110 valence electrons. The van der Waals surface area contributed by atoms with Gasteiger partial charge in [-0.1, -0.05) is 15.9 Å². The normalized spacial score (nSPS) is 11.0. The zero-order chi connectivity index (χ0) is 16.3. The highest BCUT2D eigenvalue weighted by Crippen LogP contribution is 2.29. The van der Waals surface area contributed by atoms with Crippen LogP contribution in [0.2, 0.25) is 0 Å². The van der Waals surface area contributed by atoms with Gasteiger partial charge in [0.1, 0.15) is 23.2 Å². The van der Waals surface area contributed by atoms with E-state index < -0.39 is 11.9 Å². The molecule has 1 aromatic carbocycles. The highest BCUT2D eigenvalue weighted by atomic mass is 79.9. The Morgan fingerprint density at radius 2 is 2.05 bits per heavy atom. The van der Waals surface area contributed by atoms with Crippen LogP contribution in [0.4, 0.5) is 0 Å². The highest BCUT2D eigenvalue weighted by molar-refractivity contribution is 9.10. The largest absolute Gasteiger partial charge is 0.478 e. The van der Waals surface area contributed by atoms with Crippen LogP contribution in [0.1, 0.15) is 16.1 Å². The Morgan fingerprint density at radius 1 is 1.32 bits per heavy atom. The number of nitrogens with two attached hydrogens (primary N) is 1. The number of carboxylic acid groups (broad SMARTS) is 1. The molecule has 0 spiro atoms. The zero-order valence-electron chi connectivity index (χ0n) is 11.0. The summed E-state index contributed by atoms with van der Waals surface area (Å²) >= 11 is 3.21. The molecular weight excluding hydrogens is 352 g/mol. The Hall–Kier alpha value is -2.85. The summed E-state index contributed by atoms with van der Waals surface area (Å²) in [5.74, 6) is -1.43. The van der Waals surface area contributed by atoms with Crippen LogP contribution in [0.15, 0.2) is 44.8 Å². The maximum Gasteiger partial charge on any atom is 0.336 e. The fourth-order valence-electron chi connectivity index (χ4n) is 1.78. The minimum Gasteiger partial charge on any atom is -0.478 e. The van der Waals surface area contributed by atoms with E-state index >= 15 is 0 Å². The monoisotopic (exact) mass is 360 g/mol. The van der Waals surface area contributed by atoms with Crippen molar-refractivity contribution in [3.63, 3.8) is 0 Å². The summed E-state index contributed by atoms with van der Waals surface area (Å²) in [6.07, 6.45) is 1.20. The van der Waals surface area contributed by atoms with Gasteiger partial charge in [0.25, 0.3) is 5.91 Å². The van der Waals surface area contributed by atoms with Gasteiger partial charge in [0.05, 0.1) is 5.56 Å². The molecule has 0 atom stereocenters. The van der Waals surface area contributed by atoms with E-state index in [9.17, 15) is 14.7 Å². The summed E-state index contributed by atoms with van der Waals surface area (Å²) in [6, 6.07) is 9.47. The van der Waals surface area contributed by atoms with Crippen molar-refractivity contribution in [1.29, 1.82) is 5.26 Å². The molecule has 0 saturated heterocycles. The smallest absolute Gasteiger partial charge is 0.336 e. The fourth-order valence-corrected chi connectivity index (χ4v) is 2.15. The molecule has 0 saturated carbocycles. The number of hydrogen-bond donors (Lipinski definition) is 2. The van der Waals surface area contributed by atoms with Gasteiger partial charge < -0.3 is 15.3 Å². The lowest BCUT2D eigenvalue weighted by molar-refractivity contribution is -0.114. The SMILES string of the molecule is N#C/C(=C\c1ccc(-c2ccc(Br)cc2C(=O)O)o1)C(N)=O. The summed E-state index contributed by atoms with van der Waals surface area (Å²) in [6.45, 7) is 0.